The van der Waals surface area contributed by atoms with Crippen LogP contribution in [0, 0.1) is 0 Å². The van der Waals surface area contributed by atoms with E-state index >= 15 is 0 Å². The second-order valence-electron chi connectivity index (χ2n) is 3.30. The Kier molecular flexibility index (Phi) is 10.1. The molecule has 0 unspecified atom stereocenters. The van der Waals surface area contributed by atoms with Crippen LogP contribution in [0.2, 0.25) is 0 Å². The van der Waals surface area contributed by atoms with E-state index in [1.54, 1.807) is 0 Å². The van der Waals surface area contributed by atoms with E-state index in [-0.39, 0.29) is 0 Å². The molecule has 0 fully saturated rings. The van der Waals surface area contributed by atoms with E-state index in [0.29, 0.717) is 0 Å². The van der Waals surface area contributed by atoms with Gasteiger partial charge < -0.3 is 0 Å². The Balaban J connectivity index is 0.000000791. The quantitative estimate of drug-likeness (QED) is 0.454. The highest BCUT2D eigenvalue weighted by atomic mass is 32.1. The maximum absolute atomic E-state index is 3.00. The molecule has 0 atom stereocenters. The van der Waals surface area contributed by atoms with Crippen LogP contribution in [-0.4, -0.2) is 0 Å². The Morgan fingerprint density at radius 2 is 1.86 bits per heavy atom. The summed E-state index contributed by atoms with van der Waals surface area (Å²) in [5.41, 5.74) is 1.52. The number of aryl methyl sites for hydroxylation is 1. The first-order valence-corrected chi connectivity index (χ1v) is 6.39. The Bertz CT molecular complexity index is 189. The fourth-order valence-electron chi connectivity index (χ4n) is 1.37. The van der Waals surface area contributed by atoms with Crippen molar-refractivity contribution in [2.24, 2.45) is 0 Å². The second kappa shape index (κ2) is 10.5. The van der Waals surface area contributed by atoms with E-state index in [4.69, 9.17) is 0 Å². The summed E-state index contributed by atoms with van der Waals surface area (Å²) in [6, 6.07) is 2.24. The lowest BCUT2D eigenvalue weighted by molar-refractivity contribution is 0.632. The van der Waals surface area contributed by atoms with Gasteiger partial charge in [-0.15, -0.1) is 13.2 Å². The zero-order valence-corrected chi connectivity index (χ0v) is 10.1. The number of thiophene rings is 1. The van der Waals surface area contributed by atoms with Crippen molar-refractivity contribution in [2.45, 2.75) is 45.4 Å². The molecule has 0 spiro atoms. The molecule has 1 aromatic heterocycles. The highest BCUT2D eigenvalue weighted by Gasteiger charge is 1.92. The van der Waals surface area contributed by atoms with Crippen LogP contribution in [0.4, 0.5) is 0 Å². The molecule has 14 heavy (non-hydrogen) atoms. The van der Waals surface area contributed by atoms with Crippen molar-refractivity contribution >= 4 is 11.3 Å². The highest BCUT2D eigenvalue weighted by molar-refractivity contribution is 7.07. The third-order valence-corrected chi connectivity index (χ3v) is 2.88. The molecule has 0 nitrogen and oxygen atoms in total. The van der Waals surface area contributed by atoms with E-state index in [0.717, 1.165) is 0 Å². The predicted molar refractivity (Wildman–Crippen MR) is 68.0 cm³/mol. The maximum atomic E-state index is 3.00. The molecule has 0 N–H and O–H groups in total. The van der Waals surface area contributed by atoms with Crippen LogP contribution in [0.25, 0.3) is 0 Å². The van der Waals surface area contributed by atoms with Crippen LogP contribution in [0.3, 0.4) is 0 Å². The second-order valence-corrected chi connectivity index (χ2v) is 4.08. The van der Waals surface area contributed by atoms with Gasteiger partial charge in [0.15, 0.2) is 0 Å². The lowest BCUT2D eigenvalue weighted by atomic mass is 10.1. The standard InChI is InChI=1S/C11H18S.C2H4/c1-2-3-4-5-6-7-11-8-9-12-10-11;1-2/h8-10H,2-7H2,1H3;1-2H2. The summed E-state index contributed by atoms with van der Waals surface area (Å²) in [6.45, 7) is 8.26. The number of hydrogen-bond acceptors (Lipinski definition) is 1. The van der Waals surface area contributed by atoms with Gasteiger partial charge in [-0.25, -0.2) is 0 Å². The third kappa shape index (κ3) is 6.90. The van der Waals surface area contributed by atoms with Gasteiger partial charge in [-0.2, -0.15) is 11.3 Å². The molecule has 0 aliphatic carbocycles. The summed E-state index contributed by atoms with van der Waals surface area (Å²) in [7, 11) is 0. The monoisotopic (exact) mass is 210 g/mol. The van der Waals surface area contributed by atoms with Crippen LogP contribution >= 0.6 is 11.3 Å². The molecule has 1 aromatic rings. The highest BCUT2D eigenvalue weighted by Crippen LogP contribution is 2.11. The van der Waals surface area contributed by atoms with Crippen molar-refractivity contribution in [3.63, 3.8) is 0 Å². The van der Waals surface area contributed by atoms with Crippen LogP contribution in [-0.2, 0) is 6.42 Å². The average Bonchev–Trinajstić information content (AvgIpc) is 2.74. The molecule has 1 rings (SSSR count). The molecule has 1 heterocycles. The van der Waals surface area contributed by atoms with Gasteiger partial charge in [-0.1, -0.05) is 32.6 Å². The molecule has 0 bridgehead atoms. The minimum atomic E-state index is 1.28. The van der Waals surface area contributed by atoms with Crippen molar-refractivity contribution in [3.8, 4) is 0 Å². The lowest BCUT2D eigenvalue weighted by Gasteiger charge is -1.97. The average molecular weight is 210 g/mol. The van der Waals surface area contributed by atoms with E-state index in [9.17, 15) is 0 Å². The van der Waals surface area contributed by atoms with E-state index in [1.165, 1.54) is 44.1 Å². The minimum absolute atomic E-state index is 1.28. The topological polar surface area (TPSA) is 0 Å². The van der Waals surface area contributed by atoms with Crippen molar-refractivity contribution in [3.05, 3.63) is 35.5 Å². The molecule has 1 heteroatoms. The molecular formula is C13H22S. The van der Waals surface area contributed by atoms with Crippen molar-refractivity contribution in [2.75, 3.05) is 0 Å². The molecule has 0 aliphatic heterocycles. The van der Waals surface area contributed by atoms with Crippen LogP contribution in [0.5, 0.6) is 0 Å². The zero-order chi connectivity index (χ0) is 10.6. The maximum Gasteiger partial charge on any atom is -0.00613 e. The fraction of sp³-hybridized carbons (Fsp3) is 0.538. The molecule has 0 saturated heterocycles. The number of hydrogen-bond donors (Lipinski definition) is 0. The summed E-state index contributed by atoms with van der Waals surface area (Å²) in [5, 5.41) is 4.43. The molecule has 0 amide bonds. The summed E-state index contributed by atoms with van der Waals surface area (Å²) in [6.07, 6.45) is 8.23. The van der Waals surface area contributed by atoms with Crippen LogP contribution in [0.1, 0.15) is 44.6 Å². The number of rotatable bonds is 6. The zero-order valence-electron chi connectivity index (χ0n) is 9.30. The molecule has 0 radical (unpaired) electrons. The first-order valence-electron chi connectivity index (χ1n) is 5.44. The normalized spacial score (nSPS) is 9.21. The van der Waals surface area contributed by atoms with E-state index in [1.807, 2.05) is 11.3 Å². The molecular weight excluding hydrogens is 188 g/mol. The summed E-state index contributed by atoms with van der Waals surface area (Å²) in [5.74, 6) is 0. The first-order chi connectivity index (χ1) is 6.93. The van der Waals surface area contributed by atoms with Gasteiger partial charge in [0, 0.05) is 0 Å². The molecule has 0 aliphatic rings. The van der Waals surface area contributed by atoms with Crippen LogP contribution < -0.4 is 0 Å². The first kappa shape index (κ1) is 13.4. The fourth-order valence-corrected chi connectivity index (χ4v) is 2.07. The van der Waals surface area contributed by atoms with E-state index < -0.39 is 0 Å². The Hall–Kier alpha value is -0.560. The Morgan fingerprint density at radius 1 is 1.14 bits per heavy atom. The van der Waals surface area contributed by atoms with Gasteiger partial charge in [0.1, 0.15) is 0 Å². The molecule has 0 aromatic carbocycles. The van der Waals surface area contributed by atoms with Crippen molar-refractivity contribution < 1.29 is 0 Å². The Morgan fingerprint density at radius 3 is 2.43 bits per heavy atom. The third-order valence-electron chi connectivity index (χ3n) is 2.15. The van der Waals surface area contributed by atoms with Gasteiger partial charge >= 0.3 is 0 Å². The molecule has 80 valence electrons. The van der Waals surface area contributed by atoms with E-state index in [2.05, 4.69) is 36.9 Å². The van der Waals surface area contributed by atoms with Crippen LogP contribution in [0.15, 0.2) is 30.0 Å². The van der Waals surface area contributed by atoms with Crippen molar-refractivity contribution in [1.29, 1.82) is 0 Å². The summed E-state index contributed by atoms with van der Waals surface area (Å²) in [4.78, 5) is 0. The van der Waals surface area contributed by atoms with Gasteiger partial charge in [0.25, 0.3) is 0 Å². The Labute approximate surface area is 92.7 Å². The van der Waals surface area contributed by atoms with Crippen molar-refractivity contribution in [1.82, 2.24) is 0 Å². The van der Waals surface area contributed by atoms with Gasteiger partial charge in [-0.3, -0.25) is 0 Å². The predicted octanol–water partition coefficient (Wildman–Crippen LogP) is 5.06. The smallest absolute Gasteiger partial charge is 0.00613 e. The van der Waals surface area contributed by atoms with Gasteiger partial charge in [0.2, 0.25) is 0 Å². The summed E-state index contributed by atoms with van der Waals surface area (Å²) >= 11 is 1.81. The summed E-state index contributed by atoms with van der Waals surface area (Å²) < 4.78 is 0. The number of unbranched alkanes of at least 4 members (excludes halogenated alkanes) is 4. The molecule has 0 saturated carbocycles. The SMILES string of the molecule is C=C.CCCCCCCc1ccsc1. The van der Waals surface area contributed by atoms with Gasteiger partial charge in [0.05, 0.1) is 0 Å². The minimum Gasteiger partial charge on any atom is -0.152 e. The lowest BCUT2D eigenvalue weighted by Crippen LogP contribution is -1.82. The van der Waals surface area contributed by atoms with Gasteiger partial charge in [-0.05, 0) is 35.2 Å². The largest absolute Gasteiger partial charge is 0.152 e.